The number of hydrogen-bond donors (Lipinski definition) is 3. The summed E-state index contributed by atoms with van der Waals surface area (Å²) in [5, 5.41) is 21.2. The molecule has 4 N–H and O–H groups in total. The van der Waals surface area contributed by atoms with E-state index in [1.807, 2.05) is 0 Å². The van der Waals surface area contributed by atoms with Gasteiger partial charge < -0.3 is 15.9 Å². The minimum atomic E-state index is -0.243. The van der Waals surface area contributed by atoms with Crippen molar-refractivity contribution >= 4 is 0 Å². The van der Waals surface area contributed by atoms with Crippen LogP contribution in [-0.4, -0.2) is 29.0 Å². The normalized spacial score (nSPS) is 52.6. The molecule has 3 nitrogen and oxygen atoms in total. The van der Waals surface area contributed by atoms with Crippen LogP contribution in [0.1, 0.15) is 58.8 Å². The van der Waals surface area contributed by atoms with Crippen LogP contribution in [0.2, 0.25) is 0 Å². The molecule has 0 saturated heterocycles. The first-order valence-corrected chi connectivity index (χ1v) is 9.07. The lowest BCUT2D eigenvalue weighted by Gasteiger charge is -2.55. The summed E-state index contributed by atoms with van der Waals surface area (Å²) in [5.41, 5.74) is 7.59. The van der Waals surface area contributed by atoms with E-state index in [0.717, 1.165) is 44.9 Å². The van der Waals surface area contributed by atoms with Crippen molar-refractivity contribution in [2.45, 2.75) is 71.0 Å². The van der Waals surface area contributed by atoms with Crippen molar-refractivity contribution < 1.29 is 10.2 Å². The number of rotatable bonds is 2. The monoisotopic (exact) mass is 307 g/mol. The molecule has 3 aliphatic rings. The maximum Gasteiger partial charge on any atom is 0.0610 e. The van der Waals surface area contributed by atoms with Gasteiger partial charge in [-0.25, -0.2) is 0 Å². The van der Waals surface area contributed by atoms with Crippen LogP contribution >= 0.6 is 0 Å². The number of aliphatic hydroxyl groups is 2. The zero-order valence-electron chi connectivity index (χ0n) is 14.2. The average molecular weight is 307 g/mol. The van der Waals surface area contributed by atoms with Gasteiger partial charge in [-0.1, -0.05) is 26.0 Å². The molecular formula is C19H33NO2. The second-order valence-corrected chi connectivity index (χ2v) is 8.67. The highest BCUT2D eigenvalue weighted by atomic mass is 16.3. The second-order valence-electron chi connectivity index (χ2n) is 8.67. The van der Waals surface area contributed by atoms with Gasteiger partial charge in [-0.3, -0.25) is 0 Å². The Bertz CT molecular complexity index is 451. The number of fused-ring (bicyclic) bond motifs is 1. The highest BCUT2D eigenvalue weighted by molar-refractivity contribution is 5.21. The van der Waals surface area contributed by atoms with Crippen LogP contribution in [0, 0.1) is 28.6 Å². The third-order valence-corrected chi connectivity index (χ3v) is 7.82. The molecule has 2 unspecified atom stereocenters. The van der Waals surface area contributed by atoms with E-state index in [-0.39, 0.29) is 23.0 Å². The first-order valence-electron chi connectivity index (χ1n) is 9.07. The van der Waals surface area contributed by atoms with Crippen molar-refractivity contribution in [1.82, 2.24) is 0 Å². The standard InChI is InChI=1S/C19H33NO2/c1-12-4-5-15-17(22)16(7-9-18(12,15)2)19(3)8-6-14(21)10-13(19)11-20/h13-17,21-22H,1,4-11,20H2,2-3H3/t13-,14+,15?,16?,17-,18+,19+/m1/s1. The van der Waals surface area contributed by atoms with Crippen LogP contribution in [-0.2, 0) is 0 Å². The fourth-order valence-corrected chi connectivity index (χ4v) is 5.98. The summed E-state index contributed by atoms with van der Waals surface area (Å²) in [7, 11) is 0. The van der Waals surface area contributed by atoms with E-state index in [1.165, 1.54) is 5.57 Å². The molecule has 3 rings (SSSR count). The topological polar surface area (TPSA) is 66.5 Å². The molecule has 0 spiro atoms. The summed E-state index contributed by atoms with van der Waals surface area (Å²) in [6.45, 7) is 9.51. The Kier molecular flexibility index (Phi) is 4.20. The molecule has 0 aromatic carbocycles. The Hall–Kier alpha value is -0.380. The lowest BCUT2D eigenvalue weighted by atomic mass is 9.52. The van der Waals surface area contributed by atoms with Crippen LogP contribution in [0.3, 0.4) is 0 Å². The van der Waals surface area contributed by atoms with Gasteiger partial charge in [0.2, 0.25) is 0 Å². The van der Waals surface area contributed by atoms with Crippen molar-refractivity contribution in [2.24, 2.45) is 34.3 Å². The quantitative estimate of drug-likeness (QED) is 0.687. The minimum Gasteiger partial charge on any atom is -0.393 e. The molecule has 22 heavy (non-hydrogen) atoms. The van der Waals surface area contributed by atoms with E-state index >= 15 is 0 Å². The Morgan fingerprint density at radius 3 is 2.55 bits per heavy atom. The first kappa shape index (κ1) is 16.5. The van der Waals surface area contributed by atoms with E-state index in [2.05, 4.69) is 20.4 Å². The highest BCUT2D eigenvalue weighted by Crippen LogP contribution is 2.60. The molecule has 0 aromatic heterocycles. The average Bonchev–Trinajstić information content (AvgIpc) is 2.78. The molecular weight excluding hydrogens is 274 g/mol. The highest BCUT2D eigenvalue weighted by Gasteiger charge is 2.56. The van der Waals surface area contributed by atoms with E-state index in [0.29, 0.717) is 24.3 Å². The fraction of sp³-hybridized carbons (Fsp3) is 0.895. The lowest BCUT2D eigenvalue weighted by Crippen LogP contribution is -2.54. The molecule has 3 fully saturated rings. The summed E-state index contributed by atoms with van der Waals surface area (Å²) in [5.74, 6) is 1.00. The predicted octanol–water partition coefficient (Wildman–Crippen LogP) is 2.86. The van der Waals surface area contributed by atoms with Crippen molar-refractivity contribution in [1.29, 1.82) is 0 Å². The van der Waals surface area contributed by atoms with E-state index < -0.39 is 0 Å². The minimum absolute atomic E-state index is 0.0681. The number of aliphatic hydroxyl groups excluding tert-OH is 2. The van der Waals surface area contributed by atoms with Gasteiger partial charge in [0.05, 0.1) is 12.2 Å². The summed E-state index contributed by atoms with van der Waals surface area (Å²) >= 11 is 0. The molecule has 126 valence electrons. The largest absolute Gasteiger partial charge is 0.393 e. The van der Waals surface area contributed by atoms with Gasteiger partial charge in [0.25, 0.3) is 0 Å². The van der Waals surface area contributed by atoms with Crippen molar-refractivity contribution in [3.63, 3.8) is 0 Å². The van der Waals surface area contributed by atoms with Gasteiger partial charge >= 0.3 is 0 Å². The van der Waals surface area contributed by atoms with Gasteiger partial charge in [-0.15, -0.1) is 0 Å². The molecule has 7 atom stereocenters. The maximum absolute atomic E-state index is 11.2. The van der Waals surface area contributed by atoms with Crippen LogP contribution in [0.5, 0.6) is 0 Å². The maximum atomic E-state index is 11.2. The number of nitrogens with two attached hydrogens (primary N) is 1. The number of allylic oxidation sites excluding steroid dienone is 1. The summed E-state index contributed by atoms with van der Waals surface area (Å²) in [6.07, 6.45) is 6.55. The van der Waals surface area contributed by atoms with Crippen molar-refractivity contribution in [2.75, 3.05) is 6.54 Å². The molecule has 0 bridgehead atoms. The second kappa shape index (κ2) is 5.61. The first-order chi connectivity index (χ1) is 10.3. The summed E-state index contributed by atoms with van der Waals surface area (Å²) in [6, 6.07) is 0. The number of hydrogen-bond acceptors (Lipinski definition) is 3. The van der Waals surface area contributed by atoms with Gasteiger partial charge in [0, 0.05) is 0 Å². The van der Waals surface area contributed by atoms with Crippen LogP contribution in [0.15, 0.2) is 12.2 Å². The van der Waals surface area contributed by atoms with Gasteiger partial charge in [0.15, 0.2) is 0 Å². The predicted molar refractivity (Wildman–Crippen MR) is 89.2 cm³/mol. The van der Waals surface area contributed by atoms with Crippen molar-refractivity contribution in [3.05, 3.63) is 12.2 Å². The van der Waals surface area contributed by atoms with Crippen molar-refractivity contribution in [3.8, 4) is 0 Å². The van der Waals surface area contributed by atoms with Crippen LogP contribution < -0.4 is 5.73 Å². The Labute approximate surface area is 135 Å². The van der Waals surface area contributed by atoms with Gasteiger partial charge in [-0.2, -0.15) is 0 Å². The van der Waals surface area contributed by atoms with Gasteiger partial charge in [0.1, 0.15) is 0 Å². The molecule has 0 aliphatic heterocycles. The molecule has 0 amide bonds. The molecule has 0 heterocycles. The summed E-state index contributed by atoms with van der Waals surface area (Å²) in [4.78, 5) is 0. The third-order valence-electron chi connectivity index (χ3n) is 7.82. The molecule has 3 aliphatic carbocycles. The fourth-order valence-electron chi connectivity index (χ4n) is 5.98. The van der Waals surface area contributed by atoms with E-state index in [4.69, 9.17) is 5.73 Å². The molecule has 0 radical (unpaired) electrons. The Balaban J connectivity index is 1.85. The molecule has 3 heteroatoms. The lowest BCUT2D eigenvalue weighted by molar-refractivity contribution is -0.117. The zero-order valence-corrected chi connectivity index (χ0v) is 14.2. The smallest absolute Gasteiger partial charge is 0.0610 e. The molecule has 0 aromatic rings. The van der Waals surface area contributed by atoms with Crippen LogP contribution in [0.4, 0.5) is 0 Å². The summed E-state index contributed by atoms with van der Waals surface area (Å²) < 4.78 is 0. The molecule has 3 saturated carbocycles. The third kappa shape index (κ3) is 2.28. The van der Waals surface area contributed by atoms with E-state index in [9.17, 15) is 10.2 Å². The van der Waals surface area contributed by atoms with Crippen LogP contribution in [0.25, 0.3) is 0 Å². The Morgan fingerprint density at radius 1 is 1.14 bits per heavy atom. The Morgan fingerprint density at radius 2 is 1.86 bits per heavy atom. The van der Waals surface area contributed by atoms with E-state index in [1.54, 1.807) is 0 Å². The zero-order chi connectivity index (χ0) is 16.1. The SMILES string of the molecule is C=C1CCC2[C@@H](O)C([C@@]3(C)CC[C@H](O)C[C@@H]3CN)CC[C@@]12C. The van der Waals surface area contributed by atoms with Gasteiger partial charge in [-0.05, 0) is 80.1 Å².